The number of para-hydroxylation sites is 1. The van der Waals surface area contributed by atoms with Crippen LogP contribution in [-0.2, 0) is 4.79 Å². The van der Waals surface area contributed by atoms with Crippen LogP contribution in [0.25, 0.3) is 5.69 Å². The fourth-order valence-electron chi connectivity index (χ4n) is 3.32. The third-order valence-corrected chi connectivity index (χ3v) is 4.89. The maximum Gasteiger partial charge on any atom is 0.278 e. The van der Waals surface area contributed by atoms with Crippen molar-refractivity contribution < 1.29 is 9.59 Å². The van der Waals surface area contributed by atoms with Gasteiger partial charge >= 0.3 is 0 Å². The van der Waals surface area contributed by atoms with E-state index in [0.717, 1.165) is 18.5 Å². The molecule has 0 aliphatic carbocycles. The van der Waals surface area contributed by atoms with Crippen LogP contribution in [0.15, 0.2) is 41.2 Å². The lowest BCUT2D eigenvalue weighted by Gasteiger charge is -2.33. The fraction of sp³-hybridized carbons (Fsp3) is 0.429. The van der Waals surface area contributed by atoms with Crippen molar-refractivity contribution in [1.29, 1.82) is 0 Å². The summed E-state index contributed by atoms with van der Waals surface area (Å²) in [5.41, 5.74) is 0.969. The summed E-state index contributed by atoms with van der Waals surface area (Å²) in [5, 5.41) is 7.34. The van der Waals surface area contributed by atoms with Gasteiger partial charge in [0, 0.05) is 36.8 Å². The molecule has 0 spiro atoms. The first-order chi connectivity index (χ1) is 13.4. The molecule has 2 amide bonds. The first-order valence-corrected chi connectivity index (χ1v) is 9.63. The molecule has 1 aromatic heterocycles. The smallest absolute Gasteiger partial charge is 0.278 e. The number of piperidine rings is 1. The number of benzene rings is 1. The van der Waals surface area contributed by atoms with Gasteiger partial charge in [-0.3, -0.25) is 14.4 Å². The standard InChI is InChI=1S/C21H26N4O3/c1-14(2)20(27)22-16-8-7-11-24(13-16)21(28)19-18(26)12-15(3)25(23-19)17-9-5-4-6-10-17/h4-6,9-10,12,14,16H,7-8,11,13H2,1-3H3,(H,22,27)/t16-/m0/s1. The average Bonchev–Trinajstić information content (AvgIpc) is 2.68. The molecule has 0 saturated carbocycles. The van der Waals surface area contributed by atoms with Gasteiger partial charge in [-0.05, 0) is 31.9 Å². The number of hydrogen-bond acceptors (Lipinski definition) is 4. The minimum atomic E-state index is -0.391. The van der Waals surface area contributed by atoms with Crippen LogP contribution in [0.2, 0.25) is 0 Å². The molecule has 1 aliphatic rings. The Kier molecular flexibility index (Phi) is 5.92. The second-order valence-corrected chi connectivity index (χ2v) is 7.50. The van der Waals surface area contributed by atoms with E-state index in [0.29, 0.717) is 18.8 Å². The summed E-state index contributed by atoms with van der Waals surface area (Å²) in [7, 11) is 0. The largest absolute Gasteiger partial charge is 0.351 e. The third kappa shape index (κ3) is 4.30. The van der Waals surface area contributed by atoms with Crippen LogP contribution in [0, 0.1) is 12.8 Å². The number of carbonyl (C=O) groups is 2. The number of likely N-dealkylation sites (tertiary alicyclic amines) is 1. The van der Waals surface area contributed by atoms with Crippen LogP contribution < -0.4 is 10.7 Å². The summed E-state index contributed by atoms with van der Waals surface area (Å²) in [6.07, 6.45) is 1.59. The predicted octanol–water partition coefficient (Wildman–Crippen LogP) is 1.92. The highest BCUT2D eigenvalue weighted by atomic mass is 16.2. The molecule has 0 unspecified atom stereocenters. The lowest BCUT2D eigenvalue weighted by Crippen LogP contribution is -2.51. The van der Waals surface area contributed by atoms with Gasteiger partial charge in [-0.2, -0.15) is 5.10 Å². The summed E-state index contributed by atoms with van der Waals surface area (Å²) < 4.78 is 1.61. The van der Waals surface area contributed by atoms with Crippen molar-refractivity contribution in [2.24, 2.45) is 5.92 Å². The molecule has 7 nitrogen and oxygen atoms in total. The normalized spacial score (nSPS) is 16.9. The van der Waals surface area contributed by atoms with E-state index in [1.54, 1.807) is 16.5 Å². The molecule has 1 fully saturated rings. The highest BCUT2D eigenvalue weighted by Gasteiger charge is 2.28. The first kappa shape index (κ1) is 19.8. The number of carbonyl (C=O) groups excluding carboxylic acids is 2. The Morgan fingerprint density at radius 2 is 1.93 bits per heavy atom. The van der Waals surface area contributed by atoms with E-state index in [-0.39, 0.29) is 29.0 Å². The summed E-state index contributed by atoms with van der Waals surface area (Å²) >= 11 is 0. The summed E-state index contributed by atoms with van der Waals surface area (Å²) in [5.74, 6) is -0.528. The Hall–Kier alpha value is -2.96. The molecule has 0 bridgehead atoms. The van der Waals surface area contributed by atoms with E-state index in [1.165, 1.54) is 6.07 Å². The molecule has 2 heterocycles. The molecule has 7 heteroatoms. The maximum absolute atomic E-state index is 13.0. The second kappa shape index (κ2) is 8.37. The van der Waals surface area contributed by atoms with Gasteiger partial charge < -0.3 is 10.2 Å². The lowest BCUT2D eigenvalue weighted by molar-refractivity contribution is -0.125. The van der Waals surface area contributed by atoms with Crippen LogP contribution in [-0.4, -0.2) is 45.6 Å². The number of nitrogens with one attached hydrogen (secondary N) is 1. The monoisotopic (exact) mass is 382 g/mol. The Balaban J connectivity index is 1.84. The van der Waals surface area contributed by atoms with E-state index in [1.807, 2.05) is 44.2 Å². The van der Waals surface area contributed by atoms with Crippen LogP contribution in [0.1, 0.15) is 42.9 Å². The van der Waals surface area contributed by atoms with Gasteiger partial charge in [0.05, 0.1) is 5.69 Å². The Labute approximate surface area is 164 Å². The van der Waals surface area contributed by atoms with Crippen molar-refractivity contribution in [3.63, 3.8) is 0 Å². The van der Waals surface area contributed by atoms with E-state index in [2.05, 4.69) is 10.4 Å². The van der Waals surface area contributed by atoms with Crippen molar-refractivity contribution in [3.05, 3.63) is 58.0 Å². The summed E-state index contributed by atoms with van der Waals surface area (Å²) in [4.78, 5) is 39.1. The maximum atomic E-state index is 13.0. The molecule has 148 valence electrons. The number of nitrogens with zero attached hydrogens (tertiary/aromatic N) is 3. The minimum Gasteiger partial charge on any atom is -0.351 e. The van der Waals surface area contributed by atoms with Gasteiger partial charge in [0.2, 0.25) is 11.3 Å². The molecule has 2 aromatic rings. The Morgan fingerprint density at radius 3 is 2.61 bits per heavy atom. The number of amides is 2. The van der Waals surface area contributed by atoms with Gasteiger partial charge in [-0.1, -0.05) is 32.0 Å². The molecule has 1 aliphatic heterocycles. The SMILES string of the molecule is Cc1cc(=O)c(C(=O)N2CCC[C@H](NC(=O)C(C)C)C2)nn1-c1ccccc1. The van der Waals surface area contributed by atoms with E-state index in [9.17, 15) is 14.4 Å². The van der Waals surface area contributed by atoms with Crippen LogP contribution >= 0.6 is 0 Å². The van der Waals surface area contributed by atoms with Crippen molar-refractivity contribution in [2.45, 2.75) is 39.7 Å². The number of rotatable bonds is 4. The van der Waals surface area contributed by atoms with Crippen LogP contribution in [0.5, 0.6) is 0 Å². The fourth-order valence-corrected chi connectivity index (χ4v) is 3.32. The molecule has 3 rings (SSSR count). The van der Waals surface area contributed by atoms with E-state index < -0.39 is 5.91 Å². The molecule has 1 N–H and O–H groups in total. The van der Waals surface area contributed by atoms with Crippen LogP contribution in [0.4, 0.5) is 0 Å². The number of aromatic nitrogens is 2. The zero-order chi connectivity index (χ0) is 20.3. The zero-order valence-electron chi connectivity index (χ0n) is 16.5. The predicted molar refractivity (Wildman–Crippen MR) is 106 cm³/mol. The number of hydrogen-bond donors (Lipinski definition) is 1. The quantitative estimate of drug-likeness (QED) is 0.876. The molecule has 1 atom stereocenters. The van der Waals surface area contributed by atoms with Crippen LogP contribution in [0.3, 0.4) is 0 Å². The molecular weight excluding hydrogens is 356 g/mol. The summed E-state index contributed by atoms with van der Waals surface area (Å²) in [6, 6.07) is 10.7. The highest BCUT2D eigenvalue weighted by Crippen LogP contribution is 2.14. The highest BCUT2D eigenvalue weighted by molar-refractivity contribution is 5.92. The minimum absolute atomic E-state index is 0.0285. The van der Waals surface area contributed by atoms with Crippen molar-refractivity contribution >= 4 is 11.8 Å². The van der Waals surface area contributed by atoms with Gasteiger partial charge in [-0.25, -0.2) is 4.68 Å². The number of aryl methyl sites for hydroxylation is 1. The first-order valence-electron chi connectivity index (χ1n) is 9.63. The topological polar surface area (TPSA) is 84.3 Å². The molecule has 28 heavy (non-hydrogen) atoms. The molecule has 1 aromatic carbocycles. The molecule has 0 radical (unpaired) electrons. The molecular formula is C21H26N4O3. The molecule has 1 saturated heterocycles. The van der Waals surface area contributed by atoms with E-state index >= 15 is 0 Å². The van der Waals surface area contributed by atoms with Crippen molar-refractivity contribution in [3.8, 4) is 5.69 Å². The third-order valence-electron chi connectivity index (χ3n) is 4.89. The summed E-state index contributed by atoms with van der Waals surface area (Å²) in [6.45, 7) is 6.39. The van der Waals surface area contributed by atoms with Gasteiger partial charge in [0.1, 0.15) is 0 Å². The zero-order valence-corrected chi connectivity index (χ0v) is 16.5. The van der Waals surface area contributed by atoms with Crippen molar-refractivity contribution in [2.75, 3.05) is 13.1 Å². The Morgan fingerprint density at radius 1 is 1.21 bits per heavy atom. The Bertz CT molecular complexity index is 921. The van der Waals surface area contributed by atoms with E-state index in [4.69, 9.17) is 0 Å². The van der Waals surface area contributed by atoms with Crippen molar-refractivity contribution in [1.82, 2.24) is 20.0 Å². The van der Waals surface area contributed by atoms with Gasteiger partial charge in [0.25, 0.3) is 5.91 Å². The van der Waals surface area contributed by atoms with Gasteiger partial charge in [-0.15, -0.1) is 0 Å². The average molecular weight is 382 g/mol. The second-order valence-electron chi connectivity index (χ2n) is 7.50. The lowest BCUT2D eigenvalue weighted by atomic mass is 10.0. The van der Waals surface area contributed by atoms with Gasteiger partial charge in [0.15, 0.2) is 5.69 Å².